The Labute approximate surface area is 163 Å². The van der Waals surface area contributed by atoms with Gasteiger partial charge in [-0.05, 0) is 32.0 Å². The lowest BCUT2D eigenvalue weighted by atomic mass is 10.2. The Morgan fingerprint density at radius 2 is 1.93 bits per heavy atom. The minimum Gasteiger partial charge on any atom is -0.258 e. The zero-order chi connectivity index (χ0) is 20.1. The van der Waals surface area contributed by atoms with Gasteiger partial charge in [0.25, 0.3) is 0 Å². The predicted molar refractivity (Wildman–Crippen MR) is 103 cm³/mol. The van der Waals surface area contributed by atoms with Crippen LogP contribution >= 0.6 is 0 Å². The molecule has 0 spiro atoms. The summed E-state index contributed by atoms with van der Waals surface area (Å²) in [4.78, 5) is 19.8. The summed E-state index contributed by atoms with van der Waals surface area (Å²) in [6.07, 6.45) is 3.39. The Morgan fingerprint density at radius 3 is 2.72 bits per heavy atom. The van der Waals surface area contributed by atoms with Gasteiger partial charge in [-0.15, -0.1) is 5.10 Å². The van der Waals surface area contributed by atoms with E-state index in [0.29, 0.717) is 28.6 Å². The topological polar surface area (TPSA) is 122 Å². The van der Waals surface area contributed by atoms with Crippen molar-refractivity contribution in [3.05, 3.63) is 64.4 Å². The van der Waals surface area contributed by atoms with E-state index in [1.165, 1.54) is 0 Å². The van der Waals surface area contributed by atoms with Crippen molar-refractivity contribution in [3.63, 3.8) is 0 Å². The van der Waals surface area contributed by atoms with E-state index in [-0.39, 0.29) is 12.4 Å². The summed E-state index contributed by atoms with van der Waals surface area (Å²) in [5, 5.41) is 25.3. The van der Waals surface area contributed by atoms with E-state index in [1.807, 2.05) is 24.3 Å². The van der Waals surface area contributed by atoms with E-state index in [2.05, 4.69) is 25.3 Å². The summed E-state index contributed by atoms with van der Waals surface area (Å²) < 4.78 is 4.82. The summed E-state index contributed by atoms with van der Waals surface area (Å²) >= 11 is 0. The molecule has 144 valence electrons. The van der Waals surface area contributed by atoms with Crippen LogP contribution in [-0.4, -0.2) is 44.1 Å². The van der Waals surface area contributed by atoms with Crippen molar-refractivity contribution in [2.24, 2.45) is 0 Å². The second-order valence-electron chi connectivity index (χ2n) is 6.62. The summed E-state index contributed by atoms with van der Waals surface area (Å²) in [7, 11) is 0. The van der Waals surface area contributed by atoms with Gasteiger partial charge in [0.05, 0.1) is 10.4 Å². The smallest absolute Gasteiger partial charge is 0.258 e. The normalized spacial score (nSPS) is 11.5. The van der Waals surface area contributed by atoms with Crippen molar-refractivity contribution in [2.45, 2.75) is 20.5 Å². The highest BCUT2D eigenvalue weighted by atomic mass is 16.6. The number of hydrogen-bond acceptors (Lipinski definition) is 7. The Balaban J connectivity index is 1.50. The van der Waals surface area contributed by atoms with Crippen molar-refractivity contribution >= 4 is 22.2 Å². The molecule has 5 rings (SSSR count). The molecule has 4 heterocycles. The van der Waals surface area contributed by atoms with Crippen molar-refractivity contribution in [1.29, 1.82) is 0 Å². The first-order valence-corrected chi connectivity index (χ1v) is 8.83. The molecule has 0 aliphatic rings. The van der Waals surface area contributed by atoms with E-state index in [4.69, 9.17) is 0 Å². The molecule has 0 atom stereocenters. The number of rotatable bonds is 4. The molecule has 0 bridgehead atoms. The summed E-state index contributed by atoms with van der Waals surface area (Å²) in [6.45, 7) is 3.54. The maximum atomic E-state index is 11.2. The van der Waals surface area contributed by atoms with Crippen LogP contribution in [0.2, 0.25) is 0 Å². The Morgan fingerprint density at radius 1 is 1.10 bits per heavy atom. The van der Waals surface area contributed by atoms with Crippen molar-refractivity contribution < 1.29 is 4.92 Å². The molecule has 1 aromatic carbocycles. The fraction of sp³-hybridized carbons (Fsp3) is 0.167. The van der Waals surface area contributed by atoms with Crippen LogP contribution in [0.3, 0.4) is 0 Å². The van der Waals surface area contributed by atoms with Crippen LogP contribution in [0.15, 0.2) is 42.9 Å². The number of hydrogen-bond donors (Lipinski definition) is 0. The predicted octanol–water partition coefficient (Wildman–Crippen LogP) is 2.37. The molecule has 0 fully saturated rings. The second-order valence-corrected chi connectivity index (χ2v) is 6.62. The van der Waals surface area contributed by atoms with Crippen LogP contribution in [0, 0.1) is 24.0 Å². The molecular weight excluding hydrogens is 374 g/mol. The van der Waals surface area contributed by atoms with Gasteiger partial charge in [-0.2, -0.15) is 10.2 Å². The van der Waals surface area contributed by atoms with Gasteiger partial charge < -0.3 is 0 Å². The molecule has 0 amide bonds. The van der Waals surface area contributed by atoms with E-state index in [0.717, 1.165) is 10.9 Å². The number of nitro groups is 1. The van der Waals surface area contributed by atoms with Crippen molar-refractivity contribution in [2.75, 3.05) is 0 Å². The summed E-state index contributed by atoms with van der Waals surface area (Å²) in [5.74, 6) is 0.473. The third kappa shape index (κ3) is 2.71. The molecular formula is C18H15N9O2. The average molecular weight is 389 g/mol. The molecule has 11 heteroatoms. The minimum absolute atomic E-state index is 0.0266. The maximum absolute atomic E-state index is 11.2. The standard InChI is InChI=1S/C18H15N9O2/c1-11-16(27(28)29)12(2)26(21-11)10-24-8-7-15(22-24)17-20-18-13-5-3-4-6-14(13)19-9-25(18)23-17/h3-9H,10H2,1-2H3. The molecule has 5 aromatic rings. The summed E-state index contributed by atoms with van der Waals surface area (Å²) in [6, 6.07) is 9.52. The van der Waals surface area contributed by atoms with Crippen molar-refractivity contribution in [3.8, 4) is 11.5 Å². The van der Waals surface area contributed by atoms with Gasteiger partial charge >= 0.3 is 5.69 Å². The van der Waals surface area contributed by atoms with Gasteiger partial charge in [-0.1, -0.05) is 12.1 Å². The number of benzene rings is 1. The number of para-hydroxylation sites is 1. The first-order chi connectivity index (χ1) is 14.0. The van der Waals surface area contributed by atoms with Gasteiger partial charge in [0.15, 0.2) is 5.65 Å². The molecule has 11 nitrogen and oxygen atoms in total. The van der Waals surface area contributed by atoms with Crippen molar-refractivity contribution in [1.82, 2.24) is 39.1 Å². The van der Waals surface area contributed by atoms with Crippen LogP contribution in [-0.2, 0) is 6.67 Å². The van der Waals surface area contributed by atoms with E-state index >= 15 is 0 Å². The highest BCUT2D eigenvalue weighted by molar-refractivity contribution is 5.91. The highest BCUT2D eigenvalue weighted by Crippen LogP contribution is 2.22. The minimum atomic E-state index is -0.415. The quantitative estimate of drug-likeness (QED) is 0.341. The van der Waals surface area contributed by atoms with E-state index in [1.54, 1.807) is 46.3 Å². The summed E-state index contributed by atoms with van der Waals surface area (Å²) in [5.41, 5.74) is 3.02. The fourth-order valence-corrected chi connectivity index (χ4v) is 3.37. The molecule has 4 aromatic heterocycles. The Bertz CT molecular complexity index is 1400. The molecule has 29 heavy (non-hydrogen) atoms. The Hall–Kier alpha value is -4.15. The zero-order valence-corrected chi connectivity index (χ0v) is 15.6. The fourth-order valence-electron chi connectivity index (χ4n) is 3.37. The first-order valence-electron chi connectivity index (χ1n) is 8.83. The third-order valence-corrected chi connectivity index (χ3v) is 4.76. The average Bonchev–Trinajstić information content (AvgIpc) is 3.39. The largest absolute Gasteiger partial charge is 0.312 e. The van der Waals surface area contributed by atoms with Crippen LogP contribution < -0.4 is 0 Å². The molecule has 0 aliphatic carbocycles. The van der Waals surface area contributed by atoms with Gasteiger partial charge in [0.2, 0.25) is 5.82 Å². The SMILES string of the molecule is Cc1nn(Cn2ccc(-c3nc4c5ccccc5ncn4n3)n2)c(C)c1[N+](=O)[O-]. The number of aryl methyl sites for hydroxylation is 1. The molecule has 0 saturated heterocycles. The van der Waals surface area contributed by atoms with Crippen LogP contribution in [0.4, 0.5) is 5.69 Å². The zero-order valence-electron chi connectivity index (χ0n) is 15.6. The maximum Gasteiger partial charge on any atom is 0.312 e. The van der Waals surface area contributed by atoms with Gasteiger partial charge in [-0.25, -0.2) is 19.2 Å². The van der Waals surface area contributed by atoms with Gasteiger partial charge in [0, 0.05) is 11.6 Å². The highest BCUT2D eigenvalue weighted by Gasteiger charge is 2.22. The second kappa shape index (κ2) is 6.19. The lowest BCUT2D eigenvalue weighted by Crippen LogP contribution is -2.11. The lowest BCUT2D eigenvalue weighted by Gasteiger charge is -2.03. The number of aromatic nitrogens is 8. The lowest BCUT2D eigenvalue weighted by molar-refractivity contribution is -0.386. The molecule has 0 aliphatic heterocycles. The van der Waals surface area contributed by atoms with E-state index in [9.17, 15) is 10.1 Å². The monoisotopic (exact) mass is 389 g/mol. The molecule has 0 saturated carbocycles. The number of fused-ring (bicyclic) bond motifs is 3. The number of nitrogens with zero attached hydrogens (tertiary/aromatic N) is 9. The van der Waals surface area contributed by atoms with Crippen LogP contribution in [0.1, 0.15) is 11.4 Å². The van der Waals surface area contributed by atoms with Gasteiger partial charge in [-0.3, -0.25) is 14.8 Å². The first kappa shape index (κ1) is 17.0. The molecule has 0 unspecified atom stereocenters. The Kier molecular flexibility index (Phi) is 3.63. The molecule has 0 radical (unpaired) electrons. The van der Waals surface area contributed by atoms with Gasteiger partial charge in [0.1, 0.15) is 30.1 Å². The van der Waals surface area contributed by atoms with Crippen LogP contribution in [0.25, 0.3) is 28.1 Å². The van der Waals surface area contributed by atoms with E-state index < -0.39 is 4.92 Å². The molecule has 0 N–H and O–H groups in total. The third-order valence-electron chi connectivity index (χ3n) is 4.76. The van der Waals surface area contributed by atoms with Crippen LogP contribution in [0.5, 0.6) is 0 Å².